The third kappa shape index (κ3) is 3.50. The summed E-state index contributed by atoms with van der Waals surface area (Å²) in [5, 5.41) is 0. The maximum Gasteiger partial charge on any atom is 0.253 e. The number of likely N-dealkylation sites (tertiary alicyclic amines) is 1. The summed E-state index contributed by atoms with van der Waals surface area (Å²) in [6.45, 7) is 1.74. The zero-order valence-corrected chi connectivity index (χ0v) is 13.9. The van der Waals surface area contributed by atoms with E-state index in [1.54, 1.807) is 0 Å². The van der Waals surface area contributed by atoms with Crippen LogP contribution in [0.2, 0.25) is 0 Å². The van der Waals surface area contributed by atoms with E-state index >= 15 is 0 Å². The Morgan fingerprint density at radius 2 is 1.64 bits per heavy atom. The molecule has 0 spiro atoms. The molecule has 1 saturated heterocycles. The van der Waals surface area contributed by atoms with Crippen molar-refractivity contribution in [3.63, 3.8) is 0 Å². The molecule has 0 atom stereocenters. The summed E-state index contributed by atoms with van der Waals surface area (Å²) in [5.41, 5.74) is 0.723. The van der Waals surface area contributed by atoms with Gasteiger partial charge in [-0.25, -0.2) is 0 Å². The van der Waals surface area contributed by atoms with Crippen LogP contribution in [0.15, 0.2) is 53.0 Å². The number of halogens is 1. The predicted molar refractivity (Wildman–Crippen MR) is 90.4 cm³/mol. The molecule has 1 heterocycles. The largest absolute Gasteiger partial charge is 0.456 e. The Morgan fingerprint density at radius 3 is 2.32 bits per heavy atom. The van der Waals surface area contributed by atoms with Crippen molar-refractivity contribution in [2.24, 2.45) is 0 Å². The Hall–Kier alpha value is -1.81. The Morgan fingerprint density at radius 1 is 0.955 bits per heavy atom. The van der Waals surface area contributed by atoms with Crippen LogP contribution in [0.3, 0.4) is 0 Å². The van der Waals surface area contributed by atoms with E-state index in [0.29, 0.717) is 0 Å². The molecule has 114 valence electrons. The maximum absolute atomic E-state index is 12.4. The highest BCUT2D eigenvalue weighted by atomic mass is 79.9. The van der Waals surface area contributed by atoms with Gasteiger partial charge in [-0.1, -0.05) is 12.1 Å². The number of carbonyl (C=O) groups is 1. The summed E-state index contributed by atoms with van der Waals surface area (Å²) in [6, 6.07) is 15.1. The smallest absolute Gasteiger partial charge is 0.253 e. The Kier molecular flexibility index (Phi) is 4.78. The number of ether oxygens (including phenoxy) is 1. The zero-order valence-electron chi connectivity index (χ0n) is 12.3. The molecule has 2 aromatic carbocycles. The fraction of sp³-hybridized carbons (Fsp3) is 0.278. The van der Waals surface area contributed by atoms with E-state index in [9.17, 15) is 4.79 Å². The molecule has 0 saturated carbocycles. The second-order valence-electron chi connectivity index (χ2n) is 5.41. The highest BCUT2D eigenvalue weighted by Crippen LogP contribution is 2.29. The summed E-state index contributed by atoms with van der Waals surface area (Å²) < 4.78 is 6.72. The molecule has 22 heavy (non-hydrogen) atoms. The highest BCUT2D eigenvalue weighted by molar-refractivity contribution is 9.10. The van der Waals surface area contributed by atoms with Gasteiger partial charge in [0.05, 0.1) is 4.47 Å². The number of hydrogen-bond donors (Lipinski definition) is 0. The quantitative estimate of drug-likeness (QED) is 0.782. The van der Waals surface area contributed by atoms with Gasteiger partial charge in [-0.3, -0.25) is 4.79 Å². The molecule has 1 aliphatic heterocycles. The molecular formula is C18H18BrNO2. The third-order valence-corrected chi connectivity index (χ3v) is 4.46. The number of amides is 1. The van der Waals surface area contributed by atoms with Crippen LogP contribution >= 0.6 is 15.9 Å². The standard InChI is InChI=1S/C18H18BrNO2/c19-16-6-2-3-7-17(16)22-15-10-8-14(9-11-15)18(21)20-12-4-1-5-13-20/h2-3,6-11H,1,4-5,12-13H2. The maximum atomic E-state index is 12.4. The summed E-state index contributed by atoms with van der Waals surface area (Å²) in [4.78, 5) is 14.3. The van der Waals surface area contributed by atoms with Gasteiger partial charge in [0, 0.05) is 18.7 Å². The number of benzene rings is 2. The van der Waals surface area contributed by atoms with Crippen molar-refractivity contribution in [2.45, 2.75) is 19.3 Å². The molecule has 1 fully saturated rings. The van der Waals surface area contributed by atoms with E-state index in [4.69, 9.17) is 4.74 Å². The van der Waals surface area contributed by atoms with Crippen LogP contribution in [0.25, 0.3) is 0 Å². The van der Waals surface area contributed by atoms with E-state index < -0.39 is 0 Å². The zero-order chi connectivity index (χ0) is 15.4. The van der Waals surface area contributed by atoms with Crippen molar-refractivity contribution in [1.82, 2.24) is 4.90 Å². The lowest BCUT2D eigenvalue weighted by Gasteiger charge is -2.26. The molecular weight excluding hydrogens is 342 g/mol. The Balaban J connectivity index is 1.70. The molecule has 0 aliphatic carbocycles. The first-order valence-corrected chi connectivity index (χ1v) is 8.35. The van der Waals surface area contributed by atoms with Crippen LogP contribution in [0.1, 0.15) is 29.6 Å². The number of carbonyl (C=O) groups excluding carboxylic acids is 1. The van der Waals surface area contributed by atoms with Gasteiger partial charge in [-0.15, -0.1) is 0 Å². The lowest BCUT2D eigenvalue weighted by Crippen LogP contribution is -2.35. The van der Waals surface area contributed by atoms with Gasteiger partial charge >= 0.3 is 0 Å². The predicted octanol–water partition coefficient (Wildman–Crippen LogP) is 4.87. The van der Waals surface area contributed by atoms with Gasteiger partial charge in [0.1, 0.15) is 11.5 Å². The summed E-state index contributed by atoms with van der Waals surface area (Å²) in [7, 11) is 0. The van der Waals surface area contributed by atoms with E-state index in [-0.39, 0.29) is 5.91 Å². The van der Waals surface area contributed by atoms with Crippen molar-refractivity contribution >= 4 is 21.8 Å². The Bertz CT molecular complexity index is 648. The summed E-state index contributed by atoms with van der Waals surface area (Å²) in [6.07, 6.45) is 3.44. The third-order valence-electron chi connectivity index (χ3n) is 3.81. The molecule has 0 bridgehead atoms. The first-order valence-electron chi connectivity index (χ1n) is 7.56. The number of piperidine rings is 1. The van der Waals surface area contributed by atoms with Crippen molar-refractivity contribution in [1.29, 1.82) is 0 Å². The molecule has 0 aromatic heterocycles. The molecule has 3 rings (SSSR count). The molecule has 0 N–H and O–H groups in total. The second-order valence-corrected chi connectivity index (χ2v) is 6.26. The normalized spacial score (nSPS) is 14.7. The first kappa shape index (κ1) is 15.1. The van der Waals surface area contributed by atoms with Crippen molar-refractivity contribution in [2.75, 3.05) is 13.1 Å². The topological polar surface area (TPSA) is 29.5 Å². The lowest BCUT2D eigenvalue weighted by molar-refractivity contribution is 0.0724. The summed E-state index contributed by atoms with van der Waals surface area (Å²) >= 11 is 3.46. The molecule has 2 aromatic rings. The second kappa shape index (κ2) is 6.97. The average Bonchev–Trinajstić information content (AvgIpc) is 2.58. The van der Waals surface area contributed by atoms with Crippen LogP contribution < -0.4 is 4.74 Å². The van der Waals surface area contributed by atoms with E-state index in [1.807, 2.05) is 53.4 Å². The minimum atomic E-state index is 0.118. The van der Waals surface area contributed by atoms with Gasteiger partial charge in [0.15, 0.2) is 0 Å². The van der Waals surface area contributed by atoms with Crippen molar-refractivity contribution in [3.05, 3.63) is 58.6 Å². The van der Waals surface area contributed by atoms with E-state index in [2.05, 4.69) is 15.9 Å². The van der Waals surface area contributed by atoms with Crippen LogP contribution in [-0.4, -0.2) is 23.9 Å². The summed E-state index contributed by atoms with van der Waals surface area (Å²) in [5.74, 6) is 1.60. The first-order chi connectivity index (χ1) is 10.7. The van der Waals surface area contributed by atoms with E-state index in [0.717, 1.165) is 47.5 Å². The molecule has 0 unspecified atom stereocenters. The SMILES string of the molecule is O=C(c1ccc(Oc2ccccc2Br)cc1)N1CCCCC1. The monoisotopic (exact) mass is 359 g/mol. The van der Waals surface area contributed by atoms with Gasteiger partial charge in [-0.05, 0) is 71.6 Å². The molecule has 3 nitrogen and oxygen atoms in total. The van der Waals surface area contributed by atoms with Gasteiger partial charge in [0.25, 0.3) is 5.91 Å². The van der Waals surface area contributed by atoms with Gasteiger partial charge in [0.2, 0.25) is 0 Å². The van der Waals surface area contributed by atoms with Crippen LogP contribution in [0.5, 0.6) is 11.5 Å². The van der Waals surface area contributed by atoms with Gasteiger partial charge < -0.3 is 9.64 Å². The molecule has 0 radical (unpaired) electrons. The van der Waals surface area contributed by atoms with Crippen molar-refractivity contribution in [3.8, 4) is 11.5 Å². The Labute approximate surface area is 139 Å². The van der Waals surface area contributed by atoms with Crippen molar-refractivity contribution < 1.29 is 9.53 Å². The molecule has 1 amide bonds. The van der Waals surface area contributed by atoms with Crippen LogP contribution in [0, 0.1) is 0 Å². The number of para-hydroxylation sites is 1. The van der Waals surface area contributed by atoms with Crippen LogP contribution in [0.4, 0.5) is 0 Å². The minimum Gasteiger partial charge on any atom is -0.456 e. The van der Waals surface area contributed by atoms with Crippen LogP contribution in [-0.2, 0) is 0 Å². The van der Waals surface area contributed by atoms with Gasteiger partial charge in [-0.2, -0.15) is 0 Å². The molecule has 1 aliphatic rings. The number of rotatable bonds is 3. The number of hydrogen-bond acceptors (Lipinski definition) is 2. The number of nitrogens with zero attached hydrogens (tertiary/aromatic N) is 1. The average molecular weight is 360 g/mol. The molecule has 4 heteroatoms. The minimum absolute atomic E-state index is 0.118. The fourth-order valence-corrected chi connectivity index (χ4v) is 2.97. The van der Waals surface area contributed by atoms with E-state index in [1.165, 1.54) is 6.42 Å². The fourth-order valence-electron chi connectivity index (χ4n) is 2.60. The highest BCUT2D eigenvalue weighted by Gasteiger charge is 2.17. The lowest BCUT2D eigenvalue weighted by atomic mass is 10.1.